The van der Waals surface area contributed by atoms with Crippen LogP contribution in [0.25, 0.3) is 6.08 Å². The standard InChI is InChI=1S/C18H13ClN2O3/c1-24-18(23)12-6-8-15(9-7-12)21-17(22)14(11-20)10-13-4-2-3-5-16(13)19/h2-10H,1H3,(H,21,22)/b14-10-. The van der Waals surface area contributed by atoms with Crippen molar-refractivity contribution in [2.45, 2.75) is 0 Å². The van der Waals surface area contributed by atoms with Crippen molar-refractivity contribution in [2.24, 2.45) is 0 Å². The van der Waals surface area contributed by atoms with Gasteiger partial charge in [0.05, 0.1) is 12.7 Å². The normalized spacial score (nSPS) is 10.6. The van der Waals surface area contributed by atoms with Gasteiger partial charge >= 0.3 is 5.97 Å². The predicted molar refractivity (Wildman–Crippen MR) is 91.5 cm³/mol. The summed E-state index contributed by atoms with van der Waals surface area (Å²) in [5.74, 6) is -1.03. The Morgan fingerprint density at radius 1 is 1.17 bits per heavy atom. The van der Waals surface area contributed by atoms with E-state index in [0.717, 1.165) is 0 Å². The summed E-state index contributed by atoms with van der Waals surface area (Å²) in [6.07, 6.45) is 1.42. The number of nitrogens with one attached hydrogen (secondary N) is 1. The van der Waals surface area contributed by atoms with Crippen molar-refractivity contribution in [2.75, 3.05) is 12.4 Å². The lowest BCUT2D eigenvalue weighted by atomic mass is 10.1. The van der Waals surface area contributed by atoms with Crippen molar-refractivity contribution in [3.05, 3.63) is 70.3 Å². The number of hydrogen-bond acceptors (Lipinski definition) is 4. The van der Waals surface area contributed by atoms with E-state index in [9.17, 15) is 14.9 Å². The summed E-state index contributed by atoms with van der Waals surface area (Å²) in [5, 5.41) is 12.2. The van der Waals surface area contributed by atoms with Gasteiger partial charge in [-0.25, -0.2) is 4.79 Å². The molecule has 0 atom stereocenters. The first-order valence-electron chi connectivity index (χ1n) is 6.91. The second kappa shape index (κ2) is 7.95. The molecule has 0 aliphatic carbocycles. The van der Waals surface area contributed by atoms with Crippen LogP contribution >= 0.6 is 11.6 Å². The summed E-state index contributed by atoms with van der Waals surface area (Å²) in [5.41, 5.74) is 1.31. The first kappa shape index (κ1) is 17.3. The van der Waals surface area contributed by atoms with Gasteiger partial charge in [0.25, 0.3) is 5.91 Å². The van der Waals surface area contributed by atoms with Crippen molar-refractivity contribution in [3.63, 3.8) is 0 Å². The first-order chi connectivity index (χ1) is 11.5. The van der Waals surface area contributed by atoms with E-state index in [-0.39, 0.29) is 5.57 Å². The minimum atomic E-state index is -0.566. The van der Waals surface area contributed by atoms with Crippen molar-refractivity contribution < 1.29 is 14.3 Å². The van der Waals surface area contributed by atoms with Crippen molar-refractivity contribution in [3.8, 4) is 6.07 Å². The summed E-state index contributed by atoms with van der Waals surface area (Å²) in [6.45, 7) is 0. The van der Waals surface area contributed by atoms with E-state index < -0.39 is 11.9 Å². The number of rotatable bonds is 4. The summed E-state index contributed by atoms with van der Waals surface area (Å²) in [6, 6.07) is 14.9. The number of nitriles is 1. The average Bonchev–Trinajstić information content (AvgIpc) is 2.61. The van der Waals surface area contributed by atoms with Crippen LogP contribution in [0.15, 0.2) is 54.1 Å². The molecule has 120 valence electrons. The third kappa shape index (κ3) is 4.22. The van der Waals surface area contributed by atoms with E-state index in [1.165, 1.54) is 25.3 Å². The van der Waals surface area contributed by atoms with Crippen LogP contribution in [-0.4, -0.2) is 19.0 Å². The van der Waals surface area contributed by atoms with Gasteiger partial charge in [-0.2, -0.15) is 5.26 Å². The Morgan fingerprint density at radius 3 is 2.42 bits per heavy atom. The van der Waals surface area contributed by atoms with E-state index in [0.29, 0.717) is 21.8 Å². The fourth-order valence-electron chi connectivity index (χ4n) is 1.90. The Bertz CT molecular complexity index is 836. The smallest absolute Gasteiger partial charge is 0.337 e. The molecule has 2 aromatic rings. The lowest BCUT2D eigenvalue weighted by Gasteiger charge is -2.06. The Labute approximate surface area is 144 Å². The fraction of sp³-hybridized carbons (Fsp3) is 0.0556. The van der Waals surface area contributed by atoms with Crippen LogP contribution in [0.3, 0.4) is 0 Å². The number of carbonyl (C=O) groups excluding carboxylic acids is 2. The third-order valence-electron chi connectivity index (χ3n) is 3.13. The van der Waals surface area contributed by atoms with Crippen molar-refractivity contribution >= 4 is 35.2 Å². The number of esters is 1. The Balaban J connectivity index is 2.17. The maximum absolute atomic E-state index is 12.2. The zero-order valence-corrected chi connectivity index (χ0v) is 13.5. The fourth-order valence-corrected chi connectivity index (χ4v) is 2.09. The van der Waals surface area contributed by atoms with Crippen LogP contribution in [0.4, 0.5) is 5.69 Å². The number of hydrogen-bond donors (Lipinski definition) is 1. The SMILES string of the molecule is COC(=O)c1ccc(NC(=O)/C(C#N)=C\c2ccccc2Cl)cc1. The molecule has 0 heterocycles. The molecule has 0 aliphatic heterocycles. The van der Waals surface area contributed by atoms with Gasteiger partial charge in [-0.05, 0) is 42.0 Å². The molecule has 0 saturated carbocycles. The molecule has 2 aromatic carbocycles. The largest absolute Gasteiger partial charge is 0.465 e. The Hall–Kier alpha value is -3.10. The lowest BCUT2D eigenvalue weighted by Crippen LogP contribution is -2.13. The highest BCUT2D eigenvalue weighted by atomic mass is 35.5. The summed E-state index contributed by atoms with van der Waals surface area (Å²) in [4.78, 5) is 23.6. The third-order valence-corrected chi connectivity index (χ3v) is 3.48. The molecule has 1 amide bonds. The molecule has 0 aliphatic rings. The zero-order chi connectivity index (χ0) is 17.5. The van der Waals surface area contributed by atoms with Gasteiger partial charge in [0.2, 0.25) is 0 Å². The Morgan fingerprint density at radius 2 is 1.83 bits per heavy atom. The van der Waals surface area contributed by atoms with Crippen LogP contribution < -0.4 is 5.32 Å². The summed E-state index contributed by atoms with van der Waals surface area (Å²) >= 11 is 6.02. The van der Waals surface area contributed by atoms with Gasteiger partial charge in [0, 0.05) is 10.7 Å². The van der Waals surface area contributed by atoms with Crippen LogP contribution in [-0.2, 0) is 9.53 Å². The molecule has 0 spiro atoms. The topological polar surface area (TPSA) is 79.2 Å². The number of methoxy groups -OCH3 is 1. The first-order valence-corrected chi connectivity index (χ1v) is 7.29. The van der Waals surface area contributed by atoms with Crippen LogP contribution in [0.5, 0.6) is 0 Å². The zero-order valence-electron chi connectivity index (χ0n) is 12.7. The number of ether oxygens (including phenoxy) is 1. The minimum absolute atomic E-state index is 0.0832. The number of amides is 1. The molecule has 0 bridgehead atoms. The molecule has 1 N–H and O–H groups in total. The molecular formula is C18H13ClN2O3. The second-order valence-corrected chi connectivity index (χ2v) is 5.12. The highest BCUT2D eigenvalue weighted by Gasteiger charge is 2.11. The number of anilines is 1. The number of halogens is 1. The van der Waals surface area contributed by atoms with Crippen LogP contribution in [0, 0.1) is 11.3 Å². The maximum Gasteiger partial charge on any atom is 0.337 e. The molecule has 24 heavy (non-hydrogen) atoms. The molecule has 0 unspecified atom stereocenters. The molecular weight excluding hydrogens is 328 g/mol. The number of benzene rings is 2. The molecule has 2 rings (SSSR count). The molecule has 5 nitrogen and oxygen atoms in total. The van der Waals surface area contributed by atoms with E-state index in [1.54, 1.807) is 36.4 Å². The highest BCUT2D eigenvalue weighted by Crippen LogP contribution is 2.19. The van der Waals surface area contributed by atoms with Gasteiger partial charge in [0.15, 0.2) is 0 Å². The second-order valence-electron chi connectivity index (χ2n) is 4.71. The average molecular weight is 341 g/mol. The number of nitrogens with zero attached hydrogens (tertiary/aromatic N) is 1. The Kier molecular flexibility index (Phi) is 5.72. The lowest BCUT2D eigenvalue weighted by molar-refractivity contribution is -0.112. The van der Waals surface area contributed by atoms with E-state index in [1.807, 2.05) is 6.07 Å². The van der Waals surface area contributed by atoms with Gasteiger partial charge in [-0.1, -0.05) is 29.8 Å². The van der Waals surface area contributed by atoms with Gasteiger partial charge in [-0.15, -0.1) is 0 Å². The summed E-state index contributed by atoms with van der Waals surface area (Å²) in [7, 11) is 1.29. The van der Waals surface area contributed by atoms with Gasteiger partial charge in [-0.3, -0.25) is 4.79 Å². The molecule has 0 radical (unpaired) electrons. The van der Waals surface area contributed by atoms with Crippen molar-refractivity contribution in [1.82, 2.24) is 0 Å². The van der Waals surface area contributed by atoms with E-state index >= 15 is 0 Å². The molecule has 6 heteroatoms. The maximum atomic E-state index is 12.2. The molecule has 0 fully saturated rings. The van der Waals surface area contributed by atoms with Crippen LogP contribution in [0.1, 0.15) is 15.9 Å². The predicted octanol–water partition coefficient (Wildman–Crippen LogP) is 3.67. The quantitative estimate of drug-likeness (QED) is 0.523. The minimum Gasteiger partial charge on any atom is -0.465 e. The number of carbonyl (C=O) groups is 2. The van der Waals surface area contributed by atoms with E-state index in [2.05, 4.69) is 10.1 Å². The summed E-state index contributed by atoms with van der Waals surface area (Å²) < 4.78 is 4.60. The van der Waals surface area contributed by atoms with E-state index in [4.69, 9.17) is 11.6 Å². The van der Waals surface area contributed by atoms with Crippen molar-refractivity contribution in [1.29, 1.82) is 5.26 Å². The van der Waals surface area contributed by atoms with Crippen LogP contribution in [0.2, 0.25) is 5.02 Å². The van der Waals surface area contributed by atoms with Gasteiger partial charge < -0.3 is 10.1 Å². The highest BCUT2D eigenvalue weighted by molar-refractivity contribution is 6.32. The monoisotopic (exact) mass is 340 g/mol. The molecule has 0 aromatic heterocycles. The van der Waals surface area contributed by atoms with Gasteiger partial charge in [0.1, 0.15) is 11.6 Å². The molecule has 0 saturated heterocycles.